The fraction of sp³-hybridized carbons (Fsp3) is 0.765. The molecule has 0 heterocycles. The molecule has 1 atom stereocenters. The predicted molar refractivity (Wildman–Crippen MR) is 99.2 cm³/mol. The van der Waals surface area contributed by atoms with Crippen LogP contribution in [-0.2, 0) is 29.2 Å². The highest BCUT2D eigenvalue weighted by molar-refractivity contribution is 7.87. The van der Waals surface area contributed by atoms with E-state index in [1.807, 2.05) is 0 Å². The molecular formula is C17H21F10NO7S. The summed E-state index contributed by atoms with van der Waals surface area (Å²) < 4.78 is 170. The van der Waals surface area contributed by atoms with Crippen molar-refractivity contribution in [2.75, 3.05) is 13.2 Å². The average molecular weight is 573 g/mol. The van der Waals surface area contributed by atoms with Crippen molar-refractivity contribution in [3.63, 3.8) is 0 Å². The molecule has 0 aliphatic carbocycles. The highest BCUT2D eigenvalue weighted by Gasteiger charge is 2.67. The van der Waals surface area contributed by atoms with Gasteiger partial charge < -0.3 is 14.8 Å². The zero-order chi connectivity index (χ0) is 29.0. The second-order valence-corrected chi connectivity index (χ2v) is 9.05. The third-order valence-corrected chi connectivity index (χ3v) is 5.05. The van der Waals surface area contributed by atoms with Gasteiger partial charge in [-0.25, -0.2) is 4.79 Å². The van der Waals surface area contributed by atoms with Crippen molar-refractivity contribution in [2.24, 2.45) is 5.92 Å². The molecule has 8 nitrogen and oxygen atoms in total. The summed E-state index contributed by atoms with van der Waals surface area (Å²) in [7, 11) is -6.58. The van der Waals surface area contributed by atoms with Crippen LogP contribution in [-0.4, -0.2) is 67.3 Å². The van der Waals surface area contributed by atoms with E-state index in [1.165, 1.54) is 13.8 Å². The van der Waals surface area contributed by atoms with E-state index in [9.17, 15) is 61.9 Å². The second-order valence-electron chi connectivity index (χ2n) is 7.59. The smallest absolute Gasteiger partial charge is 0.412 e. The predicted octanol–water partition coefficient (Wildman–Crippen LogP) is 3.98. The third kappa shape index (κ3) is 8.19. The van der Waals surface area contributed by atoms with Gasteiger partial charge in [-0.05, 0) is 18.8 Å². The minimum Gasteiger partial charge on any atom is -0.412 e. The van der Waals surface area contributed by atoms with Crippen LogP contribution in [0.2, 0.25) is 0 Å². The second kappa shape index (κ2) is 11.5. The number of unbranched alkanes of at least 4 members (excludes halogenated alkanes) is 1. The van der Waals surface area contributed by atoms with Crippen LogP contribution >= 0.6 is 0 Å². The van der Waals surface area contributed by atoms with Gasteiger partial charge in [0.2, 0.25) is 0 Å². The van der Waals surface area contributed by atoms with E-state index >= 15 is 0 Å². The minimum atomic E-state index is -6.58. The zero-order valence-electron chi connectivity index (χ0n) is 18.4. The summed E-state index contributed by atoms with van der Waals surface area (Å²) in [5.74, 6) is -15.7. The third-order valence-electron chi connectivity index (χ3n) is 4.11. The molecule has 0 bridgehead atoms. The Bertz CT molecular complexity index is 916. The lowest BCUT2D eigenvalue weighted by Crippen LogP contribution is -2.62. The van der Waals surface area contributed by atoms with E-state index in [0.29, 0.717) is 0 Å². The number of esters is 1. The van der Waals surface area contributed by atoms with Gasteiger partial charge in [0.1, 0.15) is 5.57 Å². The molecule has 0 fully saturated rings. The fourth-order valence-corrected chi connectivity index (χ4v) is 2.61. The monoisotopic (exact) mass is 573 g/mol. The number of rotatable bonds is 13. The van der Waals surface area contributed by atoms with Crippen LogP contribution in [0.3, 0.4) is 0 Å². The van der Waals surface area contributed by atoms with E-state index < -0.39 is 95.2 Å². The topological polar surface area (TPSA) is 119 Å². The molecule has 36 heavy (non-hydrogen) atoms. The normalized spacial score (nSPS) is 15.4. The molecule has 19 heteroatoms. The molecule has 1 amide bonds. The Labute approximate surface area is 197 Å². The zero-order valence-corrected chi connectivity index (χ0v) is 19.2. The Morgan fingerprint density at radius 2 is 1.47 bits per heavy atom. The maximum atomic E-state index is 13.8. The molecule has 1 unspecified atom stereocenters. The summed E-state index contributed by atoms with van der Waals surface area (Å²) in [4.78, 5) is 23.9. The number of amides is 1. The Balaban J connectivity index is 5.82. The number of carbonyl (C=O) groups excluding carboxylic acids is 2. The summed E-state index contributed by atoms with van der Waals surface area (Å²) in [5, 5.41) is -4.33. The van der Waals surface area contributed by atoms with Crippen molar-refractivity contribution in [1.29, 1.82) is 0 Å². The molecule has 0 saturated heterocycles. The molecule has 2 N–H and O–H groups in total. The van der Waals surface area contributed by atoms with E-state index in [0.717, 1.165) is 0 Å². The van der Waals surface area contributed by atoms with Gasteiger partial charge in [-0.3, -0.25) is 9.35 Å². The minimum absolute atomic E-state index is 0.519. The van der Waals surface area contributed by atoms with E-state index in [4.69, 9.17) is 4.55 Å². The van der Waals surface area contributed by atoms with Crippen molar-refractivity contribution in [3.8, 4) is 0 Å². The molecule has 0 radical (unpaired) electrons. The lowest BCUT2D eigenvalue weighted by Gasteiger charge is -2.33. The maximum absolute atomic E-state index is 13.8. The van der Waals surface area contributed by atoms with Crippen molar-refractivity contribution in [3.05, 3.63) is 12.2 Å². The van der Waals surface area contributed by atoms with Crippen molar-refractivity contribution < 1.29 is 75.9 Å². The van der Waals surface area contributed by atoms with Crippen LogP contribution in [0.5, 0.6) is 0 Å². The standard InChI is InChI=1S/C17H21F10NO7S/c1-9(2)8-28-12(30)14(16(23,24)25,35-11(29)10(3)15(20,21)22)34-7-5-4-6-13(18,19)17(26,27)36(31,32)33/h9H,3-8H2,1-2H3,(H,28,30)(H,31,32,33). The van der Waals surface area contributed by atoms with Gasteiger partial charge in [0.05, 0.1) is 6.61 Å². The lowest BCUT2D eigenvalue weighted by atomic mass is 10.1. The summed E-state index contributed by atoms with van der Waals surface area (Å²) in [5.41, 5.74) is -2.46. The van der Waals surface area contributed by atoms with Crippen LogP contribution in [0, 0.1) is 5.92 Å². The van der Waals surface area contributed by atoms with Gasteiger partial charge in [0.15, 0.2) is 0 Å². The van der Waals surface area contributed by atoms with E-state index in [1.54, 1.807) is 5.32 Å². The molecule has 0 rings (SSSR count). The SMILES string of the molecule is C=C(C(=O)OC(OCCCCC(F)(F)C(F)(F)S(=O)(=O)O)(C(=O)NCC(C)C)C(F)(F)F)C(F)(F)F. The molecule has 0 aliphatic rings. The first-order chi connectivity index (χ1) is 15.8. The van der Waals surface area contributed by atoms with Crippen LogP contribution in [0.1, 0.15) is 33.1 Å². The Morgan fingerprint density at radius 3 is 1.86 bits per heavy atom. The Hall–Kier alpha value is -2.15. The van der Waals surface area contributed by atoms with Crippen molar-refractivity contribution >= 4 is 22.0 Å². The average Bonchev–Trinajstić information content (AvgIpc) is 2.67. The van der Waals surface area contributed by atoms with Crippen LogP contribution < -0.4 is 5.32 Å². The molecule has 0 saturated carbocycles. The highest BCUT2D eigenvalue weighted by Crippen LogP contribution is 2.42. The largest absolute Gasteiger partial charge is 0.466 e. The summed E-state index contributed by atoms with van der Waals surface area (Å²) in [6, 6.07) is 0. The summed E-state index contributed by atoms with van der Waals surface area (Å²) in [6.45, 7) is 3.03. The molecule has 0 aromatic carbocycles. The van der Waals surface area contributed by atoms with Gasteiger partial charge >= 0.3 is 51.3 Å². The number of alkyl halides is 10. The summed E-state index contributed by atoms with van der Waals surface area (Å²) in [6.07, 6.45) is -15.9. The molecule has 0 aliphatic heterocycles. The van der Waals surface area contributed by atoms with Crippen LogP contribution in [0.15, 0.2) is 12.2 Å². The molecular weight excluding hydrogens is 552 g/mol. The number of hydrogen-bond acceptors (Lipinski definition) is 6. The summed E-state index contributed by atoms with van der Waals surface area (Å²) >= 11 is 0. The fourth-order valence-electron chi connectivity index (χ4n) is 2.13. The molecule has 0 spiro atoms. The number of nitrogens with one attached hydrogen (secondary N) is 1. The van der Waals surface area contributed by atoms with Crippen molar-refractivity contribution in [1.82, 2.24) is 5.32 Å². The first kappa shape index (κ1) is 33.8. The van der Waals surface area contributed by atoms with Gasteiger partial charge in [-0.2, -0.15) is 52.3 Å². The number of carbonyl (C=O) groups is 2. The van der Waals surface area contributed by atoms with Crippen LogP contribution in [0.4, 0.5) is 43.9 Å². The van der Waals surface area contributed by atoms with Gasteiger partial charge in [-0.15, -0.1) is 0 Å². The van der Waals surface area contributed by atoms with Crippen molar-refractivity contribution in [2.45, 2.75) is 62.4 Å². The number of ether oxygens (including phenoxy) is 2. The molecule has 0 aromatic rings. The van der Waals surface area contributed by atoms with E-state index in [-0.39, 0.29) is 0 Å². The van der Waals surface area contributed by atoms with Gasteiger partial charge in [0, 0.05) is 13.0 Å². The van der Waals surface area contributed by atoms with Gasteiger partial charge in [0.25, 0.3) is 0 Å². The van der Waals surface area contributed by atoms with Gasteiger partial charge in [-0.1, -0.05) is 20.4 Å². The molecule has 212 valence electrons. The molecule has 0 aromatic heterocycles. The number of halogens is 10. The Kier molecular flexibility index (Phi) is 10.8. The van der Waals surface area contributed by atoms with E-state index in [2.05, 4.69) is 16.1 Å². The first-order valence-electron chi connectivity index (χ1n) is 9.54. The maximum Gasteiger partial charge on any atom is 0.466 e. The Morgan fingerprint density at radius 1 is 0.972 bits per heavy atom. The highest BCUT2D eigenvalue weighted by atomic mass is 32.2. The van der Waals surface area contributed by atoms with Crippen LogP contribution in [0.25, 0.3) is 0 Å². The quantitative estimate of drug-likeness (QED) is 0.0855. The lowest BCUT2D eigenvalue weighted by molar-refractivity contribution is -0.347. The first-order valence-corrected chi connectivity index (χ1v) is 11.0. The number of hydrogen-bond donors (Lipinski definition) is 2.